The summed E-state index contributed by atoms with van der Waals surface area (Å²) in [6, 6.07) is 0. The topological polar surface area (TPSA) is 104 Å². The summed E-state index contributed by atoms with van der Waals surface area (Å²) >= 11 is 4.08. The van der Waals surface area contributed by atoms with Gasteiger partial charge in [0.1, 0.15) is 18.3 Å². The van der Waals surface area contributed by atoms with Gasteiger partial charge >= 0.3 is 6.80 Å². The molecule has 0 aromatic carbocycles. The molecule has 8 nitrogen and oxygen atoms in total. The molecule has 3 unspecified atom stereocenters. The Bertz CT molecular complexity index is 562. The lowest BCUT2D eigenvalue weighted by Gasteiger charge is -2.26. The van der Waals surface area contributed by atoms with Gasteiger partial charge in [-0.25, -0.2) is 4.57 Å². The molecule has 0 radical (unpaired) electrons. The van der Waals surface area contributed by atoms with E-state index in [2.05, 4.69) is 26.1 Å². The van der Waals surface area contributed by atoms with E-state index in [1.54, 1.807) is 6.92 Å². The fraction of sp³-hybridized carbons (Fsp3) is 1.00. The molecule has 0 aliphatic carbocycles. The Morgan fingerprint density at radius 2 is 1.59 bits per heavy atom. The summed E-state index contributed by atoms with van der Waals surface area (Å²) in [7, 11) is 0. The third-order valence-electron chi connectivity index (χ3n) is 5.35. The van der Waals surface area contributed by atoms with Gasteiger partial charge in [0, 0.05) is 5.92 Å². The quantitative estimate of drug-likeness (QED) is 0.341. The summed E-state index contributed by atoms with van der Waals surface area (Å²) in [5.41, 5.74) is 0. The average Bonchev–Trinajstić information content (AvgIpc) is 3.02. The van der Waals surface area contributed by atoms with Crippen molar-refractivity contribution in [3.05, 3.63) is 0 Å². The van der Waals surface area contributed by atoms with Crippen molar-refractivity contribution in [3.63, 3.8) is 0 Å². The summed E-state index contributed by atoms with van der Waals surface area (Å²) in [5, 5.41) is 20.7. The van der Waals surface area contributed by atoms with Gasteiger partial charge in [-0.3, -0.25) is 9.05 Å². The van der Waals surface area contributed by atoms with Crippen LogP contribution in [0.4, 0.5) is 0 Å². The number of aliphatic hydroxyl groups excluding tert-OH is 2. The van der Waals surface area contributed by atoms with Gasteiger partial charge in [0.05, 0.1) is 43.7 Å². The highest BCUT2D eigenvalue weighted by Crippen LogP contribution is 2.56. The largest absolute Gasteiger partial charge is 0.390 e. The number of ether oxygens (including phenoxy) is 3. The van der Waals surface area contributed by atoms with E-state index in [9.17, 15) is 14.8 Å². The first-order valence-corrected chi connectivity index (χ1v) is 13.0. The maximum Gasteiger partial charge on any atom is 0.386 e. The van der Waals surface area contributed by atoms with Crippen LogP contribution in [0.25, 0.3) is 0 Å². The molecule has 0 aromatic heterocycles. The minimum atomic E-state index is -3.81. The molecule has 0 amide bonds. The van der Waals surface area contributed by atoms with Crippen molar-refractivity contribution in [1.29, 1.82) is 0 Å². The van der Waals surface area contributed by atoms with Crippen LogP contribution in [-0.4, -0.2) is 72.3 Å². The Hall–Kier alpha value is 0.300. The van der Waals surface area contributed by atoms with Gasteiger partial charge in [0.2, 0.25) is 0 Å². The molecule has 2 rings (SSSR count). The molecule has 2 heterocycles. The van der Waals surface area contributed by atoms with Crippen molar-refractivity contribution in [3.8, 4) is 0 Å². The van der Waals surface area contributed by atoms with Crippen LogP contribution < -0.4 is 0 Å². The molecule has 29 heavy (non-hydrogen) atoms. The average molecular weight is 457 g/mol. The Morgan fingerprint density at radius 1 is 1.00 bits per heavy atom. The summed E-state index contributed by atoms with van der Waals surface area (Å²) < 4.78 is 41.0. The first-order chi connectivity index (χ1) is 13.4. The smallest absolute Gasteiger partial charge is 0.386 e. The molecule has 2 saturated heterocycles. The summed E-state index contributed by atoms with van der Waals surface area (Å²) in [5.74, 6) is 0.255. The molecular weight excluding hydrogens is 419 g/mol. The van der Waals surface area contributed by atoms with Crippen molar-refractivity contribution in [1.82, 2.24) is 0 Å². The van der Waals surface area contributed by atoms with E-state index in [4.69, 9.17) is 23.3 Å². The molecule has 9 atom stereocenters. The minimum Gasteiger partial charge on any atom is -0.390 e. The number of thiol groups is 1. The van der Waals surface area contributed by atoms with Crippen molar-refractivity contribution < 1.29 is 38.0 Å². The maximum absolute atomic E-state index is 12.8. The molecule has 10 heteroatoms. The SMILES string of the molecule is CC(C)CC1[C@@H](COP(=O)(S)OC2[C@@H](COC(C)C)O[C@@H](C)[C@H]2O)O[C@@H](C)[C@H]1O. The molecule has 2 aliphatic rings. The van der Waals surface area contributed by atoms with E-state index in [0.717, 1.165) is 6.42 Å². The van der Waals surface area contributed by atoms with Gasteiger partial charge < -0.3 is 24.4 Å². The van der Waals surface area contributed by atoms with E-state index >= 15 is 0 Å². The van der Waals surface area contributed by atoms with Crippen LogP contribution in [0.15, 0.2) is 0 Å². The van der Waals surface area contributed by atoms with Gasteiger partial charge in [0.25, 0.3) is 0 Å². The van der Waals surface area contributed by atoms with Crippen molar-refractivity contribution >= 4 is 19.0 Å². The molecule has 2 aliphatic heterocycles. The van der Waals surface area contributed by atoms with E-state index in [-0.39, 0.29) is 31.3 Å². The van der Waals surface area contributed by atoms with Crippen molar-refractivity contribution in [2.24, 2.45) is 11.8 Å². The zero-order valence-electron chi connectivity index (χ0n) is 18.1. The highest BCUT2D eigenvalue weighted by Gasteiger charge is 2.47. The van der Waals surface area contributed by atoms with Gasteiger partial charge in [-0.2, -0.15) is 0 Å². The molecule has 0 saturated carbocycles. The Kier molecular flexibility index (Phi) is 9.47. The van der Waals surface area contributed by atoms with Gasteiger partial charge in [-0.05, 0) is 40.0 Å². The normalized spacial score (nSPS) is 40.1. The zero-order chi connectivity index (χ0) is 21.9. The minimum absolute atomic E-state index is 0.0165. The zero-order valence-corrected chi connectivity index (χ0v) is 19.9. The number of rotatable bonds is 10. The van der Waals surface area contributed by atoms with Crippen LogP contribution in [0.5, 0.6) is 0 Å². The van der Waals surface area contributed by atoms with Crippen LogP contribution in [0.1, 0.15) is 48.0 Å². The second-order valence-corrected chi connectivity index (χ2v) is 11.6. The number of hydrogen-bond acceptors (Lipinski definition) is 8. The Morgan fingerprint density at radius 3 is 2.17 bits per heavy atom. The summed E-state index contributed by atoms with van der Waals surface area (Å²) in [6.07, 6.45) is -3.51. The van der Waals surface area contributed by atoms with Crippen molar-refractivity contribution in [2.75, 3.05) is 13.2 Å². The fourth-order valence-corrected chi connectivity index (χ4v) is 5.34. The standard InChI is InChI=1S/C19H37O8PS/c1-10(2)7-14-15(25-12(5)17(14)20)9-24-28(22,29)27-19-16(8-23-11(3)4)26-13(6)18(19)21/h10-21H,7-9H2,1-6H3,(H,22,29)/t12-,13-,14?,15+,16+,17+,18+,19?,28?/m0/s1. The van der Waals surface area contributed by atoms with Gasteiger partial charge in [0.15, 0.2) is 0 Å². The molecule has 0 bridgehead atoms. The lowest BCUT2D eigenvalue weighted by molar-refractivity contribution is -0.0531. The summed E-state index contributed by atoms with van der Waals surface area (Å²) in [6.45, 7) is 7.82. The molecule has 0 aromatic rings. The molecule has 172 valence electrons. The molecule has 2 N–H and O–H groups in total. The van der Waals surface area contributed by atoms with Crippen LogP contribution in [0.3, 0.4) is 0 Å². The van der Waals surface area contributed by atoms with Crippen LogP contribution in [-0.2, 0) is 27.8 Å². The van der Waals surface area contributed by atoms with E-state index in [0.29, 0.717) is 5.92 Å². The van der Waals surface area contributed by atoms with Crippen LogP contribution in [0, 0.1) is 11.8 Å². The third-order valence-corrected chi connectivity index (χ3v) is 6.97. The highest BCUT2D eigenvalue weighted by molar-refractivity contribution is 8.44. The molecule has 2 fully saturated rings. The molecule has 0 spiro atoms. The monoisotopic (exact) mass is 456 g/mol. The second kappa shape index (κ2) is 10.7. The third kappa shape index (κ3) is 7.16. The predicted molar refractivity (Wildman–Crippen MR) is 112 cm³/mol. The maximum atomic E-state index is 12.8. The van der Waals surface area contributed by atoms with E-state index in [1.807, 2.05) is 20.8 Å². The van der Waals surface area contributed by atoms with Gasteiger partial charge in [-0.15, -0.1) is 0 Å². The van der Waals surface area contributed by atoms with E-state index < -0.39 is 43.4 Å². The fourth-order valence-electron chi connectivity index (χ4n) is 3.85. The molecular formula is C19H37O8PS. The lowest BCUT2D eigenvalue weighted by atomic mass is 9.88. The number of hydrogen-bond donors (Lipinski definition) is 3. The lowest BCUT2D eigenvalue weighted by Crippen LogP contribution is -2.36. The van der Waals surface area contributed by atoms with Gasteiger partial charge in [-0.1, -0.05) is 26.1 Å². The van der Waals surface area contributed by atoms with Crippen LogP contribution >= 0.6 is 19.0 Å². The number of aliphatic hydroxyl groups is 2. The Labute approximate surface area is 179 Å². The highest BCUT2D eigenvalue weighted by atomic mass is 32.7. The first-order valence-electron chi connectivity index (χ1n) is 10.4. The second-order valence-electron chi connectivity index (χ2n) is 8.75. The predicted octanol–water partition coefficient (Wildman–Crippen LogP) is 2.81. The van der Waals surface area contributed by atoms with E-state index in [1.165, 1.54) is 0 Å². The summed E-state index contributed by atoms with van der Waals surface area (Å²) in [4.78, 5) is 0. The van der Waals surface area contributed by atoms with Crippen LogP contribution in [0.2, 0.25) is 0 Å². The Balaban J connectivity index is 1.96. The first kappa shape index (κ1) is 25.6. The van der Waals surface area contributed by atoms with Crippen molar-refractivity contribution in [2.45, 2.75) is 96.8 Å².